The number of rotatable bonds is 3. The van der Waals surface area contributed by atoms with E-state index in [1.165, 1.54) is 38.2 Å². The van der Waals surface area contributed by atoms with E-state index in [4.69, 9.17) is 0 Å². The van der Waals surface area contributed by atoms with Gasteiger partial charge < -0.3 is 10.6 Å². The van der Waals surface area contributed by atoms with Crippen molar-refractivity contribution in [3.05, 3.63) is 28.2 Å². The monoisotopic (exact) mass is 358 g/mol. The molecule has 1 aliphatic heterocycles. The van der Waals surface area contributed by atoms with E-state index in [1.807, 2.05) is 0 Å². The summed E-state index contributed by atoms with van der Waals surface area (Å²) in [6.45, 7) is 1.09. The molecule has 2 nitrogen and oxygen atoms in total. The Labute approximate surface area is 132 Å². The van der Waals surface area contributed by atoms with Crippen LogP contribution in [0.1, 0.15) is 38.5 Å². The van der Waals surface area contributed by atoms with Crippen molar-refractivity contribution in [3.63, 3.8) is 0 Å². The largest absolute Gasteiger partial charge is 0.380 e. The molecular weight excluding hydrogens is 338 g/mol. The summed E-state index contributed by atoms with van der Waals surface area (Å²) in [5.74, 6) is -0.540. The molecule has 5 heteroatoms. The Morgan fingerprint density at radius 1 is 1.05 bits per heavy atom. The van der Waals surface area contributed by atoms with E-state index in [2.05, 4.69) is 26.6 Å². The van der Waals surface area contributed by atoms with Crippen LogP contribution in [0.5, 0.6) is 0 Å². The summed E-state index contributed by atoms with van der Waals surface area (Å²) in [6, 6.07) is 3.25. The van der Waals surface area contributed by atoms with Crippen molar-refractivity contribution in [1.82, 2.24) is 5.32 Å². The highest BCUT2D eigenvalue weighted by Crippen LogP contribution is 2.35. The molecule has 2 fully saturated rings. The molecule has 3 atom stereocenters. The predicted molar refractivity (Wildman–Crippen MR) is 84.5 cm³/mol. The van der Waals surface area contributed by atoms with E-state index in [0.29, 0.717) is 22.1 Å². The molecule has 0 radical (unpaired) electrons. The summed E-state index contributed by atoms with van der Waals surface area (Å²) in [5, 5.41) is 6.92. The minimum atomic E-state index is -0.560. The van der Waals surface area contributed by atoms with Crippen LogP contribution in [0.15, 0.2) is 16.6 Å². The molecule has 1 saturated carbocycles. The number of hydrogen-bond donors (Lipinski definition) is 2. The van der Waals surface area contributed by atoms with E-state index in [0.717, 1.165) is 19.0 Å². The summed E-state index contributed by atoms with van der Waals surface area (Å²) < 4.78 is 27.5. The Morgan fingerprint density at radius 3 is 2.67 bits per heavy atom. The van der Waals surface area contributed by atoms with Crippen LogP contribution >= 0.6 is 15.9 Å². The Morgan fingerprint density at radius 2 is 1.90 bits per heavy atom. The maximum atomic E-state index is 13.9. The van der Waals surface area contributed by atoms with Crippen molar-refractivity contribution >= 4 is 21.6 Å². The lowest BCUT2D eigenvalue weighted by molar-refractivity contribution is 0.286. The van der Waals surface area contributed by atoms with Gasteiger partial charge in [-0.05, 0) is 60.1 Å². The Kier molecular flexibility index (Phi) is 4.79. The fourth-order valence-electron chi connectivity index (χ4n) is 3.73. The molecule has 3 unspecified atom stereocenters. The van der Waals surface area contributed by atoms with Gasteiger partial charge in [0.1, 0.15) is 11.6 Å². The smallest absolute Gasteiger partial charge is 0.149 e. The first-order chi connectivity index (χ1) is 10.1. The van der Waals surface area contributed by atoms with Gasteiger partial charge in [-0.25, -0.2) is 8.78 Å². The fourth-order valence-corrected chi connectivity index (χ4v) is 4.07. The number of benzene rings is 1. The first-order valence-corrected chi connectivity index (χ1v) is 8.59. The molecule has 3 rings (SSSR count). The molecule has 0 spiro atoms. The second kappa shape index (κ2) is 6.61. The van der Waals surface area contributed by atoms with Gasteiger partial charge in [0.15, 0.2) is 0 Å². The van der Waals surface area contributed by atoms with Gasteiger partial charge in [-0.2, -0.15) is 0 Å². The molecule has 21 heavy (non-hydrogen) atoms. The lowest BCUT2D eigenvalue weighted by Gasteiger charge is -2.33. The molecule has 1 aromatic rings. The van der Waals surface area contributed by atoms with E-state index >= 15 is 0 Å². The third-order valence-electron chi connectivity index (χ3n) is 4.79. The van der Waals surface area contributed by atoms with Gasteiger partial charge in [0, 0.05) is 18.2 Å². The maximum absolute atomic E-state index is 13.9. The molecule has 0 bridgehead atoms. The third-order valence-corrected chi connectivity index (χ3v) is 5.39. The zero-order valence-electron chi connectivity index (χ0n) is 12.0. The lowest BCUT2D eigenvalue weighted by atomic mass is 9.88. The van der Waals surface area contributed by atoms with E-state index in [-0.39, 0.29) is 6.04 Å². The van der Waals surface area contributed by atoms with Gasteiger partial charge in [-0.3, -0.25) is 0 Å². The number of hydrogen-bond acceptors (Lipinski definition) is 2. The highest BCUT2D eigenvalue weighted by Gasteiger charge is 2.34. The van der Waals surface area contributed by atoms with Crippen molar-refractivity contribution in [1.29, 1.82) is 0 Å². The van der Waals surface area contributed by atoms with Crippen LogP contribution in [0.3, 0.4) is 0 Å². The minimum Gasteiger partial charge on any atom is -0.380 e. The van der Waals surface area contributed by atoms with Crippen LogP contribution in [0.4, 0.5) is 14.5 Å². The summed E-state index contributed by atoms with van der Waals surface area (Å²) in [4.78, 5) is 0. The highest BCUT2D eigenvalue weighted by atomic mass is 79.9. The second-order valence-electron chi connectivity index (χ2n) is 6.15. The van der Waals surface area contributed by atoms with Gasteiger partial charge in [0.05, 0.1) is 10.2 Å². The lowest BCUT2D eigenvalue weighted by Crippen LogP contribution is -2.44. The van der Waals surface area contributed by atoms with Gasteiger partial charge in [-0.15, -0.1) is 0 Å². The summed E-state index contributed by atoms with van der Waals surface area (Å²) in [5.41, 5.74) is 0.399. The summed E-state index contributed by atoms with van der Waals surface area (Å²) in [7, 11) is 0. The number of halogens is 3. The highest BCUT2D eigenvalue weighted by molar-refractivity contribution is 9.10. The first kappa shape index (κ1) is 15.2. The van der Waals surface area contributed by atoms with Crippen molar-refractivity contribution in [2.24, 2.45) is 5.92 Å². The summed E-state index contributed by atoms with van der Waals surface area (Å²) >= 11 is 3.13. The topological polar surface area (TPSA) is 24.1 Å². The second-order valence-corrected chi connectivity index (χ2v) is 7.00. The van der Waals surface area contributed by atoms with Crippen LogP contribution < -0.4 is 10.6 Å². The standard InChI is InChI=1S/C16H21BrF2N2/c17-11-8-16(13(19)9-12(11)18)21-15-6-3-4-10(15)14-5-1-2-7-20-14/h8-10,14-15,20-21H,1-7H2. The molecule has 1 heterocycles. The first-order valence-electron chi connectivity index (χ1n) is 7.79. The minimum absolute atomic E-state index is 0.271. The molecule has 1 aliphatic carbocycles. The van der Waals surface area contributed by atoms with Crippen LogP contribution in [0.2, 0.25) is 0 Å². The molecule has 116 valence electrons. The molecule has 2 aliphatic rings. The van der Waals surface area contributed by atoms with Gasteiger partial charge in [0.2, 0.25) is 0 Å². The number of piperidine rings is 1. The fraction of sp³-hybridized carbons (Fsp3) is 0.625. The van der Waals surface area contributed by atoms with Crippen molar-refractivity contribution in [2.45, 2.75) is 50.6 Å². The Bertz CT molecular complexity index is 503. The van der Waals surface area contributed by atoms with E-state index < -0.39 is 11.6 Å². The average molecular weight is 359 g/mol. The average Bonchev–Trinajstić information content (AvgIpc) is 2.94. The number of nitrogens with one attached hydrogen (secondary N) is 2. The van der Waals surface area contributed by atoms with Crippen LogP contribution in [0.25, 0.3) is 0 Å². The van der Waals surface area contributed by atoms with Crippen molar-refractivity contribution < 1.29 is 8.78 Å². The molecule has 0 aromatic heterocycles. The van der Waals surface area contributed by atoms with E-state index in [9.17, 15) is 8.78 Å². The van der Waals surface area contributed by atoms with Crippen molar-refractivity contribution in [2.75, 3.05) is 11.9 Å². The summed E-state index contributed by atoms with van der Waals surface area (Å²) in [6.07, 6.45) is 7.14. The molecule has 1 aromatic carbocycles. The zero-order chi connectivity index (χ0) is 14.8. The van der Waals surface area contributed by atoms with Crippen LogP contribution in [-0.2, 0) is 0 Å². The Hall–Kier alpha value is -0.680. The molecule has 1 saturated heterocycles. The maximum Gasteiger partial charge on any atom is 0.149 e. The van der Waals surface area contributed by atoms with Crippen LogP contribution in [-0.4, -0.2) is 18.6 Å². The SMILES string of the molecule is Fc1cc(F)c(NC2CCCC2C2CCCCN2)cc1Br. The van der Waals surface area contributed by atoms with Gasteiger partial charge in [-0.1, -0.05) is 12.8 Å². The molecular formula is C16H21BrF2N2. The zero-order valence-corrected chi connectivity index (χ0v) is 13.6. The van der Waals surface area contributed by atoms with Crippen molar-refractivity contribution in [3.8, 4) is 0 Å². The number of anilines is 1. The molecule has 2 N–H and O–H groups in total. The van der Waals surface area contributed by atoms with Gasteiger partial charge >= 0.3 is 0 Å². The predicted octanol–water partition coefficient (Wildman–Crippen LogP) is 4.45. The van der Waals surface area contributed by atoms with Crippen LogP contribution in [0, 0.1) is 17.6 Å². The normalized spacial score (nSPS) is 29.6. The Balaban J connectivity index is 1.72. The van der Waals surface area contributed by atoms with Gasteiger partial charge in [0.25, 0.3) is 0 Å². The molecule has 0 amide bonds. The third kappa shape index (κ3) is 3.39. The quantitative estimate of drug-likeness (QED) is 0.780. The van der Waals surface area contributed by atoms with E-state index in [1.54, 1.807) is 0 Å².